The van der Waals surface area contributed by atoms with E-state index in [0.29, 0.717) is 16.9 Å². The van der Waals surface area contributed by atoms with Gasteiger partial charge in [-0.1, -0.05) is 30.3 Å². The molecule has 0 spiro atoms. The van der Waals surface area contributed by atoms with Crippen LogP contribution in [0.5, 0.6) is 0 Å². The number of aryl methyl sites for hydroxylation is 1. The van der Waals surface area contributed by atoms with Gasteiger partial charge in [-0.15, -0.1) is 0 Å². The molecule has 2 aromatic heterocycles. The van der Waals surface area contributed by atoms with Gasteiger partial charge < -0.3 is 0 Å². The van der Waals surface area contributed by atoms with Crippen molar-refractivity contribution in [3.63, 3.8) is 0 Å². The van der Waals surface area contributed by atoms with Crippen molar-refractivity contribution in [3.8, 4) is 17.3 Å². The lowest BCUT2D eigenvalue weighted by Crippen LogP contribution is -1.95. The quantitative estimate of drug-likeness (QED) is 0.650. The summed E-state index contributed by atoms with van der Waals surface area (Å²) in [7, 11) is 0. The summed E-state index contributed by atoms with van der Waals surface area (Å²) in [6.45, 7) is 1.82. The minimum absolute atomic E-state index is 0.535. The van der Waals surface area contributed by atoms with Crippen LogP contribution in [0.2, 0.25) is 0 Å². The summed E-state index contributed by atoms with van der Waals surface area (Å²) >= 11 is 0. The molecule has 0 radical (unpaired) electrons. The molecule has 0 aliphatic rings. The second-order valence-corrected chi connectivity index (χ2v) is 4.00. The lowest BCUT2D eigenvalue weighted by molar-refractivity contribution is 0.925. The molecule has 3 rings (SSSR count). The summed E-state index contributed by atoms with van der Waals surface area (Å²) in [6.07, 6.45) is 1.71. The molecule has 86 valence electrons. The molecule has 0 fully saturated rings. The summed E-state index contributed by atoms with van der Waals surface area (Å²) < 4.78 is 1.73. The number of nitriles is 1. The highest BCUT2D eigenvalue weighted by molar-refractivity contribution is 5.66. The molecule has 4 nitrogen and oxygen atoms in total. The standard InChI is InChI=1S/C14H10N4/c1-10-12(9-15)14-16-8-7-13(18(14)17-10)11-5-3-2-4-6-11/h2-8H,1H3. The molecule has 18 heavy (non-hydrogen) atoms. The largest absolute Gasteiger partial charge is 0.236 e. The number of aromatic nitrogens is 3. The number of hydrogen-bond donors (Lipinski definition) is 0. The van der Waals surface area contributed by atoms with Crippen LogP contribution in [0.1, 0.15) is 11.3 Å². The monoisotopic (exact) mass is 234 g/mol. The molecule has 0 aliphatic carbocycles. The summed E-state index contributed by atoms with van der Waals surface area (Å²) in [5.41, 5.74) is 3.83. The number of hydrogen-bond acceptors (Lipinski definition) is 3. The number of nitrogens with zero attached hydrogens (tertiary/aromatic N) is 4. The van der Waals surface area contributed by atoms with Crippen molar-refractivity contribution in [2.75, 3.05) is 0 Å². The van der Waals surface area contributed by atoms with Crippen LogP contribution in [-0.4, -0.2) is 14.6 Å². The smallest absolute Gasteiger partial charge is 0.173 e. The normalized spacial score (nSPS) is 10.4. The van der Waals surface area contributed by atoms with E-state index in [1.807, 2.05) is 43.3 Å². The van der Waals surface area contributed by atoms with E-state index < -0.39 is 0 Å². The average Bonchev–Trinajstić information content (AvgIpc) is 2.74. The molecule has 4 heteroatoms. The molecule has 0 N–H and O–H groups in total. The number of benzene rings is 1. The Kier molecular flexibility index (Phi) is 2.31. The predicted octanol–water partition coefficient (Wildman–Crippen LogP) is 2.58. The van der Waals surface area contributed by atoms with E-state index in [0.717, 1.165) is 11.3 Å². The fraction of sp³-hybridized carbons (Fsp3) is 0.0714. The maximum absolute atomic E-state index is 9.12. The van der Waals surface area contributed by atoms with E-state index in [2.05, 4.69) is 16.2 Å². The molecule has 0 atom stereocenters. The van der Waals surface area contributed by atoms with Gasteiger partial charge >= 0.3 is 0 Å². The zero-order valence-electron chi connectivity index (χ0n) is 9.83. The highest BCUT2D eigenvalue weighted by atomic mass is 15.3. The van der Waals surface area contributed by atoms with Crippen molar-refractivity contribution in [3.05, 3.63) is 53.9 Å². The van der Waals surface area contributed by atoms with Crippen LogP contribution in [0.15, 0.2) is 42.6 Å². The van der Waals surface area contributed by atoms with Crippen LogP contribution >= 0.6 is 0 Å². The Hall–Kier alpha value is -2.67. The molecule has 3 aromatic rings. The topological polar surface area (TPSA) is 54.0 Å². The van der Waals surface area contributed by atoms with Crippen molar-refractivity contribution < 1.29 is 0 Å². The van der Waals surface area contributed by atoms with E-state index in [4.69, 9.17) is 5.26 Å². The molecular formula is C14H10N4. The van der Waals surface area contributed by atoms with Crippen molar-refractivity contribution >= 4 is 5.65 Å². The van der Waals surface area contributed by atoms with Crippen LogP contribution < -0.4 is 0 Å². The molecule has 1 aromatic carbocycles. The Bertz CT molecular complexity index is 751. The van der Waals surface area contributed by atoms with E-state index in [1.165, 1.54) is 0 Å². The van der Waals surface area contributed by atoms with Crippen LogP contribution in [0.4, 0.5) is 0 Å². The molecule has 2 heterocycles. The van der Waals surface area contributed by atoms with Crippen LogP contribution in [0.3, 0.4) is 0 Å². The van der Waals surface area contributed by atoms with E-state index in [1.54, 1.807) is 10.7 Å². The first-order chi connectivity index (χ1) is 8.81. The lowest BCUT2D eigenvalue weighted by Gasteiger charge is -2.03. The third-order valence-electron chi connectivity index (χ3n) is 2.87. The fourth-order valence-electron chi connectivity index (χ4n) is 2.01. The molecule has 0 aliphatic heterocycles. The second kappa shape index (κ2) is 3.97. The Morgan fingerprint density at radius 2 is 1.94 bits per heavy atom. The molecular weight excluding hydrogens is 224 g/mol. The summed E-state index contributed by atoms with van der Waals surface area (Å²) in [6, 6.07) is 14.0. The van der Waals surface area contributed by atoms with Crippen molar-refractivity contribution in [2.24, 2.45) is 0 Å². The summed E-state index contributed by atoms with van der Waals surface area (Å²) in [5.74, 6) is 0. The van der Waals surface area contributed by atoms with Gasteiger partial charge in [-0.05, 0) is 13.0 Å². The van der Waals surface area contributed by atoms with E-state index in [9.17, 15) is 0 Å². The minimum Gasteiger partial charge on any atom is -0.236 e. The Morgan fingerprint density at radius 3 is 2.67 bits per heavy atom. The maximum atomic E-state index is 9.12. The Labute approximate surface area is 104 Å². The van der Waals surface area contributed by atoms with Crippen LogP contribution in [0.25, 0.3) is 16.9 Å². The van der Waals surface area contributed by atoms with Gasteiger partial charge in [0.2, 0.25) is 0 Å². The molecule has 0 saturated heterocycles. The first kappa shape index (κ1) is 10.5. The molecule has 0 unspecified atom stereocenters. The van der Waals surface area contributed by atoms with Crippen molar-refractivity contribution in [1.29, 1.82) is 5.26 Å². The Balaban J connectivity index is 2.36. The summed E-state index contributed by atoms with van der Waals surface area (Å²) in [4.78, 5) is 4.24. The van der Waals surface area contributed by atoms with Gasteiger partial charge in [-0.2, -0.15) is 10.4 Å². The van der Waals surface area contributed by atoms with Gasteiger partial charge in [0.1, 0.15) is 11.6 Å². The zero-order chi connectivity index (χ0) is 12.5. The Morgan fingerprint density at radius 1 is 1.17 bits per heavy atom. The van der Waals surface area contributed by atoms with Crippen LogP contribution in [-0.2, 0) is 0 Å². The fourth-order valence-corrected chi connectivity index (χ4v) is 2.01. The minimum atomic E-state index is 0.535. The first-order valence-corrected chi connectivity index (χ1v) is 5.61. The van der Waals surface area contributed by atoms with Gasteiger partial charge in [-0.25, -0.2) is 9.50 Å². The van der Waals surface area contributed by atoms with Crippen molar-refractivity contribution in [2.45, 2.75) is 6.92 Å². The van der Waals surface area contributed by atoms with Crippen molar-refractivity contribution in [1.82, 2.24) is 14.6 Å². The SMILES string of the molecule is Cc1nn2c(-c3ccccc3)ccnc2c1C#N. The predicted molar refractivity (Wildman–Crippen MR) is 67.9 cm³/mol. The lowest BCUT2D eigenvalue weighted by atomic mass is 10.1. The van der Waals surface area contributed by atoms with Gasteiger partial charge in [0.05, 0.1) is 11.4 Å². The van der Waals surface area contributed by atoms with E-state index >= 15 is 0 Å². The van der Waals surface area contributed by atoms with E-state index in [-0.39, 0.29) is 0 Å². The zero-order valence-corrected chi connectivity index (χ0v) is 9.83. The van der Waals surface area contributed by atoms with Gasteiger partial charge in [0.15, 0.2) is 5.65 Å². The van der Waals surface area contributed by atoms with Gasteiger partial charge in [0, 0.05) is 11.8 Å². The molecule has 0 saturated carbocycles. The third kappa shape index (κ3) is 1.45. The van der Waals surface area contributed by atoms with Crippen LogP contribution in [0, 0.1) is 18.3 Å². The van der Waals surface area contributed by atoms with Gasteiger partial charge in [0.25, 0.3) is 0 Å². The second-order valence-electron chi connectivity index (χ2n) is 4.00. The molecule has 0 bridgehead atoms. The number of fused-ring (bicyclic) bond motifs is 1. The third-order valence-corrected chi connectivity index (χ3v) is 2.87. The van der Waals surface area contributed by atoms with Gasteiger partial charge in [-0.3, -0.25) is 0 Å². The summed E-state index contributed by atoms with van der Waals surface area (Å²) in [5, 5.41) is 13.5. The first-order valence-electron chi connectivity index (χ1n) is 5.61. The highest BCUT2D eigenvalue weighted by Gasteiger charge is 2.12. The maximum Gasteiger partial charge on any atom is 0.173 e. The number of rotatable bonds is 1. The average molecular weight is 234 g/mol. The molecule has 0 amide bonds. The highest BCUT2D eigenvalue weighted by Crippen LogP contribution is 2.21.